The van der Waals surface area contributed by atoms with Crippen molar-refractivity contribution in [3.63, 3.8) is 0 Å². The molecule has 0 fully saturated rings. The first-order valence-electron chi connectivity index (χ1n) is 9.88. The minimum Gasteiger partial charge on any atom is -0.461 e. The number of carbonyl (C=O) groups excluding carboxylic acids is 2. The molecular formula is C22H27N3O5. The summed E-state index contributed by atoms with van der Waals surface area (Å²) in [7, 11) is 0. The van der Waals surface area contributed by atoms with Crippen molar-refractivity contribution in [2.24, 2.45) is 5.73 Å². The number of esters is 1. The van der Waals surface area contributed by atoms with E-state index in [2.05, 4.69) is 5.16 Å². The van der Waals surface area contributed by atoms with Gasteiger partial charge in [-0.25, -0.2) is 9.59 Å². The third kappa shape index (κ3) is 5.07. The smallest absolute Gasteiger partial charge is 0.419 e. The van der Waals surface area contributed by atoms with Crippen LogP contribution in [0.2, 0.25) is 0 Å². The maximum Gasteiger partial charge on any atom is 0.419 e. The quantitative estimate of drug-likeness (QED) is 0.614. The van der Waals surface area contributed by atoms with Crippen molar-refractivity contribution in [1.29, 1.82) is 0 Å². The molecule has 3 rings (SSSR count). The van der Waals surface area contributed by atoms with Gasteiger partial charge in [0.15, 0.2) is 5.69 Å². The first-order chi connectivity index (χ1) is 14.2. The molecule has 0 bridgehead atoms. The van der Waals surface area contributed by atoms with E-state index in [4.69, 9.17) is 19.7 Å². The zero-order chi connectivity index (χ0) is 21.9. The second-order valence-corrected chi connectivity index (χ2v) is 8.09. The van der Waals surface area contributed by atoms with Crippen molar-refractivity contribution >= 4 is 23.0 Å². The van der Waals surface area contributed by atoms with Crippen LogP contribution < -0.4 is 5.73 Å². The van der Waals surface area contributed by atoms with E-state index in [0.29, 0.717) is 18.6 Å². The molecule has 0 saturated carbocycles. The molecule has 1 atom stereocenters. The van der Waals surface area contributed by atoms with Crippen molar-refractivity contribution < 1.29 is 23.6 Å². The number of ether oxygens (including phenoxy) is 2. The summed E-state index contributed by atoms with van der Waals surface area (Å²) in [5.74, 6) is -0.0251. The summed E-state index contributed by atoms with van der Waals surface area (Å²) in [5, 5.41) is 4.67. The molecule has 0 aliphatic heterocycles. The number of fused-ring (bicyclic) bond motifs is 1. The molecule has 0 unspecified atom stereocenters. The van der Waals surface area contributed by atoms with Crippen LogP contribution in [-0.2, 0) is 22.3 Å². The number of rotatable bonds is 6. The van der Waals surface area contributed by atoms with Crippen LogP contribution in [0.5, 0.6) is 0 Å². The van der Waals surface area contributed by atoms with E-state index in [9.17, 15) is 9.59 Å². The number of hydrogen-bond acceptors (Lipinski definition) is 7. The fourth-order valence-corrected chi connectivity index (χ4v) is 3.20. The number of hydrogen-bond donors (Lipinski definition) is 1. The van der Waals surface area contributed by atoms with E-state index in [1.165, 1.54) is 4.57 Å². The third-order valence-corrected chi connectivity index (χ3v) is 4.37. The summed E-state index contributed by atoms with van der Waals surface area (Å²) in [6.07, 6.45) is 2.22. The van der Waals surface area contributed by atoms with Gasteiger partial charge in [-0.15, -0.1) is 0 Å². The summed E-state index contributed by atoms with van der Waals surface area (Å²) in [4.78, 5) is 24.4. The number of carbonyl (C=O) groups is 2. The highest BCUT2D eigenvalue weighted by Gasteiger charge is 2.22. The van der Waals surface area contributed by atoms with Crippen molar-refractivity contribution in [2.45, 2.75) is 52.2 Å². The lowest BCUT2D eigenvalue weighted by Gasteiger charge is -2.19. The molecule has 3 aromatic rings. The van der Waals surface area contributed by atoms with Crippen molar-refractivity contribution in [1.82, 2.24) is 9.72 Å². The number of aromatic nitrogens is 2. The van der Waals surface area contributed by atoms with Crippen molar-refractivity contribution in [2.75, 3.05) is 6.61 Å². The minimum atomic E-state index is -0.595. The van der Waals surface area contributed by atoms with E-state index in [-0.39, 0.29) is 18.3 Å². The Hall–Kier alpha value is -3.13. The van der Waals surface area contributed by atoms with Crippen LogP contribution >= 0.6 is 0 Å². The molecule has 8 heteroatoms. The first-order valence-corrected chi connectivity index (χ1v) is 9.88. The van der Waals surface area contributed by atoms with Gasteiger partial charge in [0.05, 0.1) is 12.1 Å². The Labute approximate surface area is 174 Å². The van der Waals surface area contributed by atoms with Crippen LogP contribution in [0.15, 0.2) is 41.1 Å². The maximum atomic E-state index is 12.6. The monoisotopic (exact) mass is 413 g/mol. The Balaban J connectivity index is 1.77. The van der Waals surface area contributed by atoms with Gasteiger partial charge in [-0.3, -0.25) is 4.57 Å². The van der Waals surface area contributed by atoms with E-state index in [0.717, 1.165) is 16.5 Å². The fraction of sp³-hybridized carbons (Fsp3) is 0.409. The molecule has 0 saturated heterocycles. The van der Waals surface area contributed by atoms with E-state index < -0.39 is 17.7 Å². The maximum absolute atomic E-state index is 12.6. The highest BCUT2D eigenvalue weighted by molar-refractivity contribution is 5.92. The summed E-state index contributed by atoms with van der Waals surface area (Å²) in [6.45, 7) is 7.48. The minimum absolute atomic E-state index is 0.126. The molecule has 0 aliphatic carbocycles. The Morgan fingerprint density at radius 2 is 1.97 bits per heavy atom. The zero-order valence-electron chi connectivity index (χ0n) is 17.7. The molecule has 30 heavy (non-hydrogen) atoms. The lowest BCUT2D eigenvalue weighted by Crippen LogP contribution is -2.27. The van der Waals surface area contributed by atoms with Crippen LogP contribution in [0, 0.1) is 0 Å². The summed E-state index contributed by atoms with van der Waals surface area (Å²) in [5.41, 5.74) is 7.55. The zero-order valence-corrected chi connectivity index (χ0v) is 17.7. The van der Waals surface area contributed by atoms with Crippen LogP contribution in [0.25, 0.3) is 10.9 Å². The van der Waals surface area contributed by atoms with Crippen LogP contribution in [0.3, 0.4) is 0 Å². The molecule has 2 aromatic heterocycles. The van der Waals surface area contributed by atoms with Gasteiger partial charge in [0.2, 0.25) is 0 Å². The number of para-hydroxylation sites is 1. The third-order valence-electron chi connectivity index (χ3n) is 4.37. The number of nitrogens with zero attached hydrogens (tertiary/aromatic N) is 2. The van der Waals surface area contributed by atoms with Gasteiger partial charge in [-0.1, -0.05) is 23.4 Å². The number of benzene rings is 1. The first kappa shape index (κ1) is 21.6. The highest BCUT2D eigenvalue weighted by atomic mass is 16.6. The molecule has 2 heterocycles. The standard InChI is InChI=1S/C22H27N3O5/c1-5-28-20(26)18-12-16(30-24-18)11-15(23)10-14-13-25(21(27)29-22(2,3)4)19-9-7-6-8-17(14)19/h6-9,12-13,15H,5,10-11,23H2,1-4H3/t15-/m0/s1. The van der Waals surface area contributed by atoms with Gasteiger partial charge in [0.25, 0.3) is 0 Å². The Morgan fingerprint density at radius 3 is 2.67 bits per heavy atom. The predicted molar refractivity (Wildman–Crippen MR) is 111 cm³/mol. The molecule has 2 N–H and O–H groups in total. The lowest BCUT2D eigenvalue weighted by molar-refractivity contribution is 0.0511. The summed E-state index contributed by atoms with van der Waals surface area (Å²) < 4.78 is 17.2. The summed E-state index contributed by atoms with van der Waals surface area (Å²) in [6, 6.07) is 8.85. The van der Waals surface area contributed by atoms with Crippen molar-refractivity contribution in [3.8, 4) is 0 Å². The number of nitrogens with two attached hydrogens (primary N) is 1. The molecule has 0 amide bonds. The average Bonchev–Trinajstić information content (AvgIpc) is 3.26. The van der Waals surface area contributed by atoms with E-state index in [1.54, 1.807) is 19.2 Å². The normalized spacial score (nSPS) is 12.7. The fourth-order valence-electron chi connectivity index (χ4n) is 3.20. The van der Waals surface area contributed by atoms with Gasteiger partial charge >= 0.3 is 12.1 Å². The lowest BCUT2D eigenvalue weighted by atomic mass is 10.0. The topological polar surface area (TPSA) is 110 Å². The van der Waals surface area contributed by atoms with Gasteiger partial charge in [-0.2, -0.15) is 0 Å². The second kappa shape index (κ2) is 8.71. The Kier molecular flexibility index (Phi) is 6.26. The van der Waals surface area contributed by atoms with Crippen LogP contribution in [0.1, 0.15) is 49.5 Å². The van der Waals surface area contributed by atoms with E-state index in [1.807, 2.05) is 45.0 Å². The second-order valence-electron chi connectivity index (χ2n) is 8.09. The molecule has 0 radical (unpaired) electrons. The molecule has 1 aromatic carbocycles. The SMILES string of the molecule is CCOC(=O)c1cc(C[C@@H](N)Cc2cn(C(=O)OC(C)(C)C)c3ccccc23)on1. The van der Waals surface area contributed by atoms with Gasteiger partial charge in [0.1, 0.15) is 11.4 Å². The predicted octanol–water partition coefficient (Wildman–Crippen LogP) is 3.70. The Bertz CT molecular complexity index is 1040. The summed E-state index contributed by atoms with van der Waals surface area (Å²) >= 11 is 0. The Morgan fingerprint density at radius 1 is 1.23 bits per heavy atom. The van der Waals surface area contributed by atoms with Gasteiger partial charge in [-0.05, 0) is 45.7 Å². The van der Waals surface area contributed by atoms with Crippen LogP contribution in [-0.4, -0.2) is 40.0 Å². The highest BCUT2D eigenvalue weighted by Crippen LogP contribution is 2.24. The average molecular weight is 413 g/mol. The van der Waals surface area contributed by atoms with Crippen LogP contribution in [0.4, 0.5) is 4.79 Å². The molecular weight excluding hydrogens is 386 g/mol. The van der Waals surface area contributed by atoms with Crippen molar-refractivity contribution in [3.05, 3.63) is 53.5 Å². The molecule has 8 nitrogen and oxygen atoms in total. The van der Waals surface area contributed by atoms with Gasteiger partial charge < -0.3 is 19.7 Å². The molecule has 0 aliphatic rings. The van der Waals surface area contributed by atoms with Gasteiger partial charge in [0, 0.05) is 30.1 Å². The largest absolute Gasteiger partial charge is 0.461 e. The molecule has 160 valence electrons. The molecule has 0 spiro atoms. The van der Waals surface area contributed by atoms with E-state index >= 15 is 0 Å².